The zero-order valence-electron chi connectivity index (χ0n) is 18.9. The van der Waals surface area contributed by atoms with Gasteiger partial charge in [0.05, 0.1) is 12.2 Å². The highest BCUT2D eigenvalue weighted by Gasteiger charge is 2.38. The van der Waals surface area contributed by atoms with E-state index in [1.54, 1.807) is 0 Å². The zero-order valence-corrected chi connectivity index (χ0v) is 18.9. The Balaban J connectivity index is 0.000000451. The molecule has 2 N–H and O–H groups in total. The maximum Gasteiger partial charge on any atom is 0.490 e. The molecule has 0 saturated heterocycles. The fourth-order valence-corrected chi connectivity index (χ4v) is 3.23. The summed E-state index contributed by atoms with van der Waals surface area (Å²) in [5.74, 6) is 0.113. The maximum absolute atomic E-state index is 10.6. The number of carboxylic acid groups (broad SMARTS) is 1. The van der Waals surface area contributed by atoms with Crippen LogP contribution in [0.5, 0.6) is 0 Å². The summed E-state index contributed by atoms with van der Waals surface area (Å²) in [4.78, 5) is 27.5. The van der Waals surface area contributed by atoms with Crippen LogP contribution in [0.3, 0.4) is 0 Å². The number of halogens is 3. The van der Waals surface area contributed by atoms with Crippen LogP contribution in [0.25, 0.3) is 0 Å². The van der Waals surface area contributed by atoms with Crippen LogP contribution in [0, 0.1) is 0 Å². The maximum atomic E-state index is 10.6. The van der Waals surface area contributed by atoms with E-state index in [1.807, 2.05) is 19.4 Å². The number of rotatable bonds is 5. The molecule has 0 saturated carbocycles. The Kier molecular flexibility index (Phi) is 8.42. The molecule has 12 heteroatoms. The summed E-state index contributed by atoms with van der Waals surface area (Å²) in [5, 5.41) is 10.5. The van der Waals surface area contributed by atoms with Gasteiger partial charge in [0, 0.05) is 64.7 Å². The number of hydrogen-bond donors (Lipinski definition) is 2. The standard InChI is InChI=1S/C18H29N7.C2HF3O2/c1-13(2)20-18-21-15-7-10-25(12-16-19-8-11-24(16)5)9-6-14(15)17(22-18)23(3)4;3-2(4,5)1(6)7/h8,11,13H,6-7,9-10,12H2,1-5H3,(H,20,21,22);(H,6,7). The van der Waals surface area contributed by atoms with Crippen molar-refractivity contribution in [2.24, 2.45) is 7.05 Å². The molecule has 0 bridgehead atoms. The summed E-state index contributed by atoms with van der Waals surface area (Å²) < 4.78 is 33.8. The molecule has 0 radical (unpaired) electrons. The monoisotopic (exact) mass is 457 g/mol. The average molecular weight is 458 g/mol. The number of aromatic nitrogens is 4. The zero-order chi connectivity index (χ0) is 24.1. The van der Waals surface area contributed by atoms with Gasteiger partial charge in [-0.25, -0.2) is 14.8 Å². The van der Waals surface area contributed by atoms with Crippen LogP contribution < -0.4 is 10.2 Å². The molecule has 0 aromatic carbocycles. The Labute approximate surface area is 185 Å². The Hall–Kier alpha value is -2.89. The smallest absolute Gasteiger partial charge is 0.475 e. The number of nitrogens with zero attached hydrogens (tertiary/aromatic N) is 6. The van der Waals surface area contributed by atoms with Crippen LogP contribution in [0.2, 0.25) is 0 Å². The third-order valence-corrected chi connectivity index (χ3v) is 4.78. The molecular formula is C20H30F3N7O2. The van der Waals surface area contributed by atoms with E-state index in [9.17, 15) is 13.2 Å². The van der Waals surface area contributed by atoms with E-state index in [0.717, 1.165) is 50.1 Å². The van der Waals surface area contributed by atoms with Crippen molar-refractivity contribution in [3.63, 3.8) is 0 Å². The second-order valence-electron chi connectivity index (χ2n) is 8.02. The average Bonchev–Trinajstić information content (AvgIpc) is 2.96. The lowest BCUT2D eigenvalue weighted by Crippen LogP contribution is -2.27. The summed E-state index contributed by atoms with van der Waals surface area (Å²) in [6.07, 6.45) is 0.688. The summed E-state index contributed by atoms with van der Waals surface area (Å²) in [7, 11) is 6.16. The topological polar surface area (TPSA) is 99.4 Å². The molecule has 2 aromatic heterocycles. The molecular weight excluding hydrogens is 427 g/mol. The molecule has 0 fully saturated rings. The number of anilines is 2. The van der Waals surface area contributed by atoms with Crippen molar-refractivity contribution in [1.29, 1.82) is 0 Å². The molecule has 9 nitrogen and oxygen atoms in total. The van der Waals surface area contributed by atoms with Crippen LogP contribution in [-0.4, -0.2) is 74.9 Å². The fourth-order valence-electron chi connectivity index (χ4n) is 3.23. The van der Waals surface area contributed by atoms with Crippen molar-refractivity contribution >= 4 is 17.7 Å². The van der Waals surface area contributed by atoms with E-state index in [1.165, 1.54) is 11.3 Å². The van der Waals surface area contributed by atoms with Gasteiger partial charge < -0.3 is 19.9 Å². The normalized spacial score (nSPS) is 14.3. The number of nitrogens with one attached hydrogen (secondary N) is 1. The molecule has 3 rings (SSSR count). The van der Waals surface area contributed by atoms with E-state index >= 15 is 0 Å². The number of fused-ring (bicyclic) bond motifs is 1. The minimum absolute atomic E-state index is 0.318. The third-order valence-electron chi connectivity index (χ3n) is 4.78. The van der Waals surface area contributed by atoms with Gasteiger partial charge in [0.2, 0.25) is 5.95 Å². The molecule has 0 aliphatic carbocycles. The summed E-state index contributed by atoms with van der Waals surface area (Å²) in [6, 6.07) is 0.318. The van der Waals surface area contributed by atoms with Crippen LogP contribution in [-0.2, 0) is 31.2 Å². The third kappa shape index (κ3) is 7.08. The highest BCUT2D eigenvalue weighted by atomic mass is 19.4. The predicted octanol–water partition coefficient (Wildman–Crippen LogP) is 2.33. The predicted molar refractivity (Wildman–Crippen MR) is 115 cm³/mol. The quantitative estimate of drug-likeness (QED) is 0.706. The first-order chi connectivity index (χ1) is 14.9. The molecule has 1 aliphatic rings. The summed E-state index contributed by atoms with van der Waals surface area (Å²) >= 11 is 0. The van der Waals surface area contributed by atoms with Crippen molar-refractivity contribution < 1.29 is 23.1 Å². The number of hydrogen-bond acceptors (Lipinski definition) is 7. The van der Waals surface area contributed by atoms with Crippen LogP contribution in [0.4, 0.5) is 24.9 Å². The second-order valence-corrected chi connectivity index (χ2v) is 8.02. The second kappa shape index (κ2) is 10.6. The van der Waals surface area contributed by atoms with Crippen LogP contribution in [0.15, 0.2) is 12.4 Å². The molecule has 2 aromatic rings. The van der Waals surface area contributed by atoms with E-state index in [4.69, 9.17) is 19.9 Å². The summed E-state index contributed by atoms with van der Waals surface area (Å²) in [6.45, 7) is 7.09. The van der Waals surface area contributed by atoms with Crippen molar-refractivity contribution in [2.75, 3.05) is 37.4 Å². The largest absolute Gasteiger partial charge is 0.490 e. The first kappa shape index (κ1) is 25.4. The Morgan fingerprint density at radius 2 is 1.88 bits per heavy atom. The van der Waals surface area contributed by atoms with Gasteiger partial charge in [0.15, 0.2) is 0 Å². The van der Waals surface area contributed by atoms with Gasteiger partial charge >= 0.3 is 12.1 Å². The minimum Gasteiger partial charge on any atom is -0.475 e. The molecule has 178 valence electrons. The highest BCUT2D eigenvalue weighted by molar-refractivity contribution is 5.73. The molecule has 0 atom stereocenters. The Morgan fingerprint density at radius 3 is 2.38 bits per heavy atom. The molecule has 0 spiro atoms. The minimum atomic E-state index is -5.08. The lowest BCUT2D eigenvalue weighted by molar-refractivity contribution is -0.192. The molecule has 3 heterocycles. The lowest BCUT2D eigenvalue weighted by Gasteiger charge is -2.20. The van der Waals surface area contributed by atoms with E-state index in [-0.39, 0.29) is 0 Å². The Bertz CT molecular complexity index is 913. The number of aliphatic carboxylic acids is 1. The van der Waals surface area contributed by atoms with Crippen LogP contribution in [0.1, 0.15) is 30.9 Å². The van der Waals surface area contributed by atoms with Crippen molar-refractivity contribution in [3.8, 4) is 0 Å². The summed E-state index contributed by atoms with van der Waals surface area (Å²) in [5.41, 5.74) is 2.45. The number of aryl methyl sites for hydroxylation is 1. The Morgan fingerprint density at radius 1 is 1.25 bits per heavy atom. The van der Waals surface area contributed by atoms with Gasteiger partial charge in [-0.3, -0.25) is 4.90 Å². The van der Waals surface area contributed by atoms with E-state index in [0.29, 0.717) is 6.04 Å². The lowest BCUT2D eigenvalue weighted by atomic mass is 10.1. The van der Waals surface area contributed by atoms with E-state index in [2.05, 4.69) is 52.6 Å². The van der Waals surface area contributed by atoms with Gasteiger partial charge in [-0.15, -0.1) is 0 Å². The number of imidazole rings is 1. The SMILES string of the molecule is CC(C)Nc1nc2c(c(N(C)C)n1)CCN(Cc1nccn1C)CC2.O=C(O)C(F)(F)F. The van der Waals surface area contributed by atoms with E-state index < -0.39 is 12.1 Å². The fraction of sp³-hybridized carbons (Fsp3) is 0.600. The first-order valence-corrected chi connectivity index (χ1v) is 10.2. The molecule has 1 aliphatic heterocycles. The molecule has 0 amide bonds. The number of carboxylic acids is 1. The number of alkyl halides is 3. The van der Waals surface area contributed by atoms with Crippen molar-refractivity contribution in [2.45, 2.75) is 45.5 Å². The van der Waals surface area contributed by atoms with Gasteiger partial charge in [-0.1, -0.05) is 0 Å². The molecule has 32 heavy (non-hydrogen) atoms. The van der Waals surface area contributed by atoms with Gasteiger partial charge in [0.1, 0.15) is 11.6 Å². The highest BCUT2D eigenvalue weighted by Crippen LogP contribution is 2.25. The van der Waals surface area contributed by atoms with Crippen molar-refractivity contribution in [1.82, 2.24) is 24.4 Å². The van der Waals surface area contributed by atoms with Gasteiger partial charge in [-0.05, 0) is 20.3 Å². The van der Waals surface area contributed by atoms with Gasteiger partial charge in [0.25, 0.3) is 0 Å². The first-order valence-electron chi connectivity index (χ1n) is 10.2. The van der Waals surface area contributed by atoms with Crippen molar-refractivity contribution in [3.05, 3.63) is 29.5 Å². The van der Waals surface area contributed by atoms with Gasteiger partial charge in [-0.2, -0.15) is 18.2 Å². The molecule has 0 unspecified atom stereocenters. The number of carbonyl (C=O) groups is 1. The van der Waals surface area contributed by atoms with Crippen LogP contribution >= 0.6 is 0 Å².